The molecule has 0 aliphatic rings. The third-order valence-electron chi connectivity index (χ3n) is 3.87. The normalized spacial score (nSPS) is 15.0. The molecule has 0 bridgehead atoms. The van der Waals surface area contributed by atoms with Crippen LogP contribution in [0.2, 0.25) is 0 Å². The summed E-state index contributed by atoms with van der Waals surface area (Å²) in [6.07, 6.45) is 2.35. The zero-order chi connectivity index (χ0) is 16.0. The molecule has 0 amide bonds. The van der Waals surface area contributed by atoms with E-state index in [2.05, 4.69) is 65.1 Å². The molecule has 0 heterocycles. The van der Waals surface area contributed by atoms with Crippen molar-refractivity contribution in [3.63, 3.8) is 0 Å². The SMILES string of the molecule is CCCNC(Cc1cc(C)cc(C)c1)C(OC)C(C)(C)C. The first kappa shape index (κ1) is 18.2. The molecule has 0 aromatic heterocycles. The van der Waals surface area contributed by atoms with Gasteiger partial charge in [-0.2, -0.15) is 0 Å². The zero-order valence-electron chi connectivity index (χ0n) is 14.9. The fourth-order valence-corrected chi connectivity index (χ4v) is 3.18. The van der Waals surface area contributed by atoms with Crippen LogP contribution >= 0.6 is 0 Å². The summed E-state index contributed by atoms with van der Waals surface area (Å²) in [6, 6.07) is 7.16. The van der Waals surface area contributed by atoms with Gasteiger partial charge in [0.15, 0.2) is 0 Å². The van der Waals surface area contributed by atoms with Crippen LogP contribution in [0.5, 0.6) is 0 Å². The smallest absolute Gasteiger partial charge is 0.0775 e. The van der Waals surface area contributed by atoms with Gasteiger partial charge in [0.2, 0.25) is 0 Å². The summed E-state index contributed by atoms with van der Waals surface area (Å²) in [5.41, 5.74) is 4.19. The second-order valence-electron chi connectivity index (χ2n) is 7.28. The van der Waals surface area contributed by atoms with Gasteiger partial charge in [0, 0.05) is 13.2 Å². The highest BCUT2D eigenvalue weighted by Gasteiger charge is 2.32. The molecule has 2 nitrogen and oxygen atoms in total. The number of hydrogen-bond donors (Lipinski definition) is 1. The van der Waals surface area contributed by atoms with Crippen LogP contribution in [0.25, 0.3) is 0 Å². The van der Waals surface area contributed by atoms with E-state index in [4.69, 9.17) is 4.74 Å². The molecule has 0 saturated carbocycles. The van der Waals surface area contributed by atoms with Crippen LogP contribution in [0.15, 0.2) is 18.2 Å². The van der Waals surface area contributed by atoms with Gasteiger partial charge in [-0.15, -0.1) is 0 Å². The number of ether oxygens (including phenoxy) is 1. The highest BCUT2D eigenvalue weighted by atomic mass is 16.5. The van der Waals surface area contributed by atoms with Crippen LogP contribution in [0.3, 0.4) is 0 Å². The number of methoxy groups -OCH3 is 1. The van der Waals surface area contributed by atoms with Crippen molar-refractivity contribution >= 4 is 0 Å². The molecule has 1 aromatic carbocycles. The lowest BCUT2D eigenvalue weighted by Crippen LogP contribution is -2.49. The van der Waals surface area contributed by atoms with Crippen molar-refractivity contribution in [2.45, 2.75) is 66.5 Å². The van der Waals surface area contributed by atoms with Gasteiger partial charge in [-0.3, -0.25) is 0 Å². The average molecular weight is 291 g/mol. The summed E-state index contributed by atoms with van der Waals surface area (Å²) < 4.78 is 5.84. The standard InChI is InChI=1S/C19H33NO/c1-8-9-20-17(18(21-7)19(4,5)6)13-16-11-14(2)10-15(3)12-16/h10-12,17-18,20H,8-9,13H2,1-7H3. The summed E-state index contributed by atoms with van der Waals surface area (Å²) in [4.78, 5) is 0. The van der Waals surface area contributed by atoms with Gasteiger partial charge < -0.3 is 10.1 Å². The van der Waals surface area contributed by atoms with Crippen LogP contribution in [0, 0.1) is 19.3 Å². The Morgan fingerprint density at radius 2 is 1.67 bits per heavy atom. The Balaban J connectivity index is 2.96. The van der Waals surface area contributed by atoms with Crippen molar-refractivity contribution in [1.82, 2.24) is 5.32 Å². The quantitative estimate of drug-likeness (QED) is 0.810. The largest absolute Gasteiger partial charge is 0.379 e. The highest BCUT2D eigenvalue weighted by molar-refractivity contribution is 5.29. The molecule has 1 N–H and O–H groups in total. The maximum absolute atomic E-state index is 5.84. The van der Waals surface area contributed by atoms with Gasteiger partial charge in [0.05, 0.1) is 6.10 Å². The van der Waals surface area contributed by atoms with Crippen molar-refractivity contribution in [3.8, 4) is 0 Å². The average Bonchev–Trinajstić information content (AvgIpc) is 2.33. The van der Waals surface area contributed by atoms with Gasteiger partial charge in [-0.1, -0.05) is 57.0 Å². The fourth-order valence-electron chi connectivity index (χ4n) is 3.18. The van der Waals surface area contributed by atoms with Gasteiger partial charge in [-0.05, 0) is 44.2 Å². The van der Waals surface area contributed by atoms with Crippen molar-refractivity contribution in [1.29, 1.82) is 0 Å². The van der Waals surface area contributed by atoms with E-state index in [0.717, 1.165) is 19.4 Å². The molecule has 2 heteroatoms. The second-order valence-corrected chi connectivity index (χ2v) is 7.28. The van der Waals surface area contributed by atoms with E-state index in [-0.39, 0.29) is 11.5 Å². The van der Waals surface area contributed by atoms with E-state index >= 15 is 0 Å². The molecule has 2 unspecified atom stereocenters. The Morgan fingerprint density at radius 1 is 1.10 bits per heavy atom. The lowest BCUT2D eigenvalue weighted by molar-refractivity contribution is -0.0109. The van der Waals surface area contributed by atoms with E-state index in [1.165, 1.54) is 16.7 Å². The van der Waals surface area contributed by atoms with Crippen LogP contribution < -0.4 is 5.32 Å². The summed E-state index contributed by atoms with van der Waals surface area (Å²) in [5, 5.41) is 3.69. The summed E-state index contributed by atoms with van der Waals surface area (Å²) in [6.45, 7) is 14.3. The molecule has 1 aromatic rings. The molecular formula is C19H33NO. The Hall–Kier alpha value is -0.860. The minimum Gasteiger partial charge on any atom is -0.379 e. The van der Waals surface area contributed by atoms with Crippen molar-refractivity contribution in [3.05, 3.63) is 34.9 Å². The minimum atomic E-state index is 0.124. The first-order valence-electron chi connectivity index (χ1n) is 8.11. The molecule has 0 spiro atoms. The monoisotopic (exact) mass is 291 g/mol. The molecule has 0 aliphatic heterocycles. The first-order chi connectivity index (χ1) is 9.77. The molecule has 0 radical (unpaired) electrons. The second kappa shape index (κ2) is 7.95. The van der Waals surface area contributed by atoms with E-state index in [1.54, 1.807) is 0 Å². The Bertz CT molecular complexity index is 413. The molecule has 2 atom stereocenters. The minimum absolute atomic E-state index is 0.124. The van der Waals surface area contributed by atoms with E-state index in [1.807, 2.05) is 7.11 Å². The van der Waals surface area contributed by atoms with Crippen molar-refractivity contribution < 1.29 is 4.74 Å². The molecule has 21 heavy (non-hydrogen) atoms. The van der Waals surface area contributed by atoms with E-state index < -0.39 is 0 Å². The Kier molecular flexibility index (Phi) is 6.89. The third kappa shape index (κ3) is 5.80. The van der Waals surface area contributed by atoms with Crippen molar-refractivity contribution in [2.24, 2.45) is 5.41 Å². The molecule has 1 rings (SSSR count). The van der Waals surface area contributed by atoms with E-state index in [9.17, 15) is 0 Å². The number of hydrogen-bond acceptors (Lipinski definition) is 2. The van der Waals surface area contributed by atoms with Gasteiger partial charge in [0.1, 0.15) is 0 Å². The summed E-state index contributed by atoms with van der Waals surface area (Å²) >= 11 is 0. The van der Waals surface area contributed by atoms with E-state index in [0.29, 0.717) is 6.04 Å². The maximum Gasteiger partial charge on any atom is 0.0775 e. The maximum atomic E-state index is 5.84. The molecule has 0 aliphatic carbocycles. The zero-order valence-corrected chi connectivity index (χ0v) is 14.9. The topological polar surface area (TPSA) is 21.3 Å². The molecular weight excluding hydrogens is 258 g/mol. The lowest BCUT2D eigenvalue weighted by atomic mass is 9.82. The Labute approximate surface area is 131 Å². The Morgan fingerprint density at radius 3 is 2.10 bits per heavy atom. The van der Waals surface area contributed by atoms with Crippen LogP contribution in [-0.2, 0) is 11.2 Å². The fraction of sp³-hybridized carbons (Fsp3) is 0.684. The lowest BCUT2D eigenvalue weighted by Gasteiger charge is -2.36. The molecule has 120 valence electrons. The molecule has 0 fully saturated rings. The number of benzene rings is 1. The van der Waals surface area contributed by atoms with Gasteiger partial charge >= 0.3 is 0 Å². The summed E-state index contributed by atoms with van der Waals surface area (Å²) in [5.74, 6) is 0. The number of rotatable bonds is 7. The number of nitrogens with one attached hydrogen (secondary N) is 1. The molecule has 0 saturated heterocycles. The van der Waals surface area contributed by atoms with Gasteiger partial charge in [0.25, 0.3) is 0 Å². The summed E-state index contributed by atoms with van der Waals surface area (Å²) in [7, 11) is 1.83. The van der Waals surface area contributed by atoms with Crippen LogP contribution in [0.1, 0.15) is 50.8 Å². The third-order valence-corrected chi connectivity index (χ3v) is 3.87. The number of aryl methyl sites for hydroxylation is 2. The van der Waals surface area contributed by atoms with Gasteiger partial charge in [-0.25, -0.2) is 0 Å². The predicted octanol–water partition coefficient (Wildman–Crippen LogP) is 4.28. The highest BCUT2D eigenvalue weighted by Crippen LogP contribution is 2.26. The predicted molar refractivity (Wildman–Crippen MR) is 92.0 cm³/mol. The van der Waals surface area contributed by atoms with Crippen LogP contribution in [0.4, 0.5) is 0 Å². The van der Waals surface area contributed by atoms with Crippen molar-refractivity contribution in [2.75, 3.05) is 13.7 Å². The first-order valence-corrected chi connectivity index (χ1v) is 8.11. The van der Waals surface area contributed by atoms with Crippen LogP contribution in [-0.4, -0.2) is 25.8 Å².